The summed E-state index contributed by atoms with van der Waals surface area (Å²) in [6.45, 7) is 5.85. The van der Waals surface area contributed by atoms with Gasteiger partial charge in [-0.25, -0.2) is 0 Å². The van der Waals surface area contributed by atoms with Crippen molar-refractivity contribution in [3.05, 3.63) is 33.7 Å². The third kappa shape index (κ3) is 5.01. The molecule has 0 unspecified atom stereocenters. The molecule has 0 amide bonds. The van der Waals surface area contributed by atoms with E-state index >= 15 is 0 Å². The average molecular weight is 392 g/mol. The first kappa shape index (κ1) is 17.5. The predicted molar refractivity (Wildman–Crippen MR) is 48.9 cm³/mol. The molecule has 0 spiro atoms. The van der Waals surface area contributed by atoms with E-state index in [9.17, 15) is 0 Å². The van der Waals surface area contributed by atoms with Crippen LogP contribution in [-0.4, -0.2) is 14.2 Å². The van der Waals surface area contributed by atoms with E-state index in [1.54, 1.807) is 4.73 Å². The molecule has 0 heterocycles. The zero-order valence-electron chi connectivity index (χ0n) is 8.12. The Kier molecular flexibility index (Phi) is 11.4. The maximum atomic E-state index is 5.85. The molecule has 77 valence electrons. The van der Waals surface area contributed by atoms with Gasteiger partial charge in [-0.1, -0.05) is 0 Å². The Balaban J connectivity index is 0.00000106. The van der Waals surface area contributed by atoms with Gasteiger partial charge in [-0.2, -0.15) is 0 Å². The van der Waals surface area contributed by atoms with Crippen LogP contribution in [0.2, 0.25) is 0 Å². The second-order valence-corrected chi connectivity index (χ2v) is 3.66. The summed E-state index contributed by atoms with van der Waals surface area (Å²) in [7, 11) is 0. The molecule has 0 bridgehead atoms. The average Bonchev–Trinajstić information content (AvgIpc) is 2.34. The molecule has 1 rings (SSSR count). The van der Waals surface area contributed by atoms with Crippen molar-refractivity contribution in [3.8, 4) is 0 Å². The summed E-state index contributed by atoms with van der Waals surface area (Å²) in [6, 6.07) is 3.85. The standard InChI is InChI=1S/C11H5.5V/c1-5-11-9(3)7-6-8(2)10(11)4;;;;;/h1-3,6-7H;;;;;/q-3;;;;;. The van der Waals surface area contributed by atoms with Crippen LogP contribution in [0, 0.1) is 0 Å². The molecule has 0 radical (unpaired) electrons. The van der Waals surface area contributed by atoms with E-state index < -0.39 is 0 Å². The fourth-order valence-electron chi connectivity index (χ4n) is 1.08. The van der Waals surface area contributed by atoms with E-state index in [2.05, 4.69) is 91.0 Å². The zero-order valence-corrected chi connectivity index (χ0v) is 15.1. The van der Waals surface area contributed by atoms with Crippen LogP contribution in [0.1, 0.15) is 11.1 Å². The molecule has 1 aromatic rings. The van der Waals surface area contributed by atoms with Gasteiger partial charge in [0, 0.05) is 0 Å². The number of hydrogen-bond donors (Lipinski definition) is 0. The van der Waals surface area contributed by atoms with Crippen LogP contribution in [0.15, 0.2) is 12.1 Å². The molecule has 0 aliphatic heterocycles. The van der Waals surface area contributed by atoms with Crippen LogP contribution < -0.4 is 10.4 Å². The Morgan fingerprint density at radius 2 is 1.81 bits per heavy atom. The second-order valence-electron chi connectivity index (χ2n) is 2.51. The van der Waals surface area contributed by atoms with Gasteiger partial charge in [0.15, 0.2) is 0 Å². The van der Waals surface area contributed by atoms with Crippen LogP contribution in [0.5, 0.6) is 0 Å². The molecule has 0 fully saturated rings. The van der Waals surface area contributed by atoms with Gasteiger partial charge in [0.05, 0.1) is 0 Å². The van der Waals surface area contributed by atoms with Crippen molar-refractivity contribution in [2.45, 2.75) is 0 Å². The van der Waals surface area contributed by atoms with E-state index in [0.717, 1.165) is 21.6 Å². The third-order valence-electron chi connectivity index (χ3n) is 1.73. The Morgan fingerprint density at radius 1 is 1.19 bits per heavy atom. The molecule has 0 N–H and O–H groups in total. The van der Waals surface area contributed by atoms with E-state index in [1.165, 1.54) is 0 Å². The first-order valence-electron chi connectivity index (χ1n) is 3.97. The van der Waals surface area contributed by atoms with E-state index in [1.807, 2.05) is 16.9 Å². The predicted octanol–water partition coefficient (Wildman–Crippen LogP) is -0.753. The summed E-state index contributed by atoms with van der Waals surface area (Å²) in [6.07, 6.45) is 3.09. The van der Waals surface area contributed by atoms with E-state index in [-0.39, 0.29) is 0 Å². The minimum atomic E-state index is 0.721. The van der Waals surface area contributed by atoms with Crippen molar-refractivity contribution in [3.63, 3.8) is 0 Å². The van der Waals surface area contributed by atoms with Crippen molar-refractivity contribution >= 4 is 26.8 Å². The van der Waals surface area contributed by atoms with Crippen molar-refractivity contribution in [2.24, 2.45) is 0 Å². The molecular formula is C11H5V5-3. The fraction of sp³-hybridized carbons (Fsp3) is 0. The number of benzene rings is 1. The SMILES string of the molecule is [CH-]=c1ccc([CH]=[V])c([C-]=[V])c1=[C-][CH]=[V].[V]=[V]. The Morgan fingerprint density at radius 3 is 2.25 bits per heavy atom. The summed E-state index contributed by atoms with van der Waals surface area (Å²) >= 11 is 11.6. The quantitative estimate of drug-likeness (QED) is 0.595. The van der Waals surface area contributed by atoms with E-state index in [4.69, 9.17) is 6.58 Å². The molecule has 1 aromatic carbocycles. The second kappa shape index (κ2) is 10.4. The molecule has 0 nitrogen and oxygen atoms in total. The summed E-state index contributed by atoms with van der Waals surface area (Å²) in [4.78, 5) is 0. The zero-order chi connectivity index (χ0) is 12.6. The van der Waals surface area contributed by atoms with Gasteiger partial charge in [-0.05, 0) is 0 Å². The Bertz CT molecular complexity index is 504. The molecule has 0 aliphatic rings. The number of rotatable bonds is 3. The van der Waals surface area contributed by atoms with Gasteiger partial charge in [-0.15, -0.1) is 0 Å². The van der Waals surface area contributed by atoms with Gasteiger partial charge in [0.2, 0.25) is 0 Å². The molecule has 0 saturated carbocycles. The third-order valence-corrected chi connectivity index (χ3v) is 2.71. The molecule has 0 atom stereocenters. The molecule has 16 heavy (non-hydrogen) atoms. The van der Waals surface area contributed by atoms with Crippen molar-refractivity contribution < 1.29 is 80.2 Å². The van der Waals surface area contributed by atoms with Crippen LogP contribution in [0.25, 0.3) is 12.7 Å². The Hall–Kier alpha value is 1.49. The summed E-state index contributed by atoms with van der Waals surface area (Å²) in [5.41, 5.74) is 2.07. The van der Waals surface area contributed by atoms with E-state index in [0.29, 0.717) is 0 Å². The summed E-state index contributed by atoms with van der Waals surface area (Å²) in [5, 5.41) is 1.62. The van der Waals surface area contributed by atoms with Crippen LogP contribution >= 0.6 is 0 Å². The number of hydrogen-bond acceptors (Lipinski definition) is 0. The topological polar surface area (TPSA) is 0 Å². The first-order valence-corrected chi connectivity index (χ1v) is 9.48. The molecule has 0 saturated heterocycles. The van der Waals surface area contributed by atoms with Crippen LogP contribution in [0.4, 0.5) is 0 Å². The maximum absolute atomic E-state index is 5.85. The molecular weight excluding hydrogens is 387 g/mol. The normalized spacial score (nSPS) is 9.56. The van der Waals surface area contributed by atoms with Gasteiger partial charge in [-0.3, -0.25) is 0 Å². The van der Waals surface area contributed by atoms with Crippen LogP contribution in [-0.2, 0) is 80.2 Å². The van der Waals surface area contributed by atoms with Crippen molar-refractivity contribution in [2.75, 3.05) is 0 Å². The van der Waals surface area contributed by atoms with Gasteiger partial charge >= 0.3 is 141 Å². The van der Waals surface area contributed by atoms with Gasteiger partial charge in [0.25, 0.3) is 0 Å². The molecule has 0 aromatic heterocycles. The fourth-order valence-corrected chi connectivity index (χ4v) is 2.00. The Labute approximate surface area is 139 Å². The van der Waals surface area contributed by atoms with Gasteiger partial charge in [0.1, 0.15) is 0 Å². The first-order chi connectivity index (χ1) is 7.74. The molecule has 0 aliphatic carbocycles. The summed E-state index contributed by atoms with van der Waals surface area (Å²) < 4.78 is 6.83. The van der Waals surface area contributed by atoms with Crippen molar-refractivity contribution in [1.29, 1.82) is 0 Å². The molecule has 5 heteroatoms. The monoisotopic (exact) mass is 392 g/mol. The minimum absolute atomic E-state index is 0.721. The summed E-state index contributed by atoms with van der Waals surface area (Å²) in [5.74, 6) is 0. The van der Waals surface area contributed by atoms with Crippen molar-refractivity contribution in [1.82, 2.24) is 0 Å². The van der Waals surface area contributed by atoms with Gasteiger partial charge < -0.3 is 0 Å². The van der Waals surface area contributed by atoms with Crippen LogP contribution in [0.3, 0.4) is 0 Å².